The van der Waals surface area contributed by atoms with Gasteiger partial charge in [0.1, 0.15) is 17.6 Å². The SMILES string of the molecule is Cc1ccc(N(C(=O)CCC(=O)Nc2ccccn2)C(C(=O)NC(C)C)c2ccc(O)cc2)c(C)c1. The van der Waals surface area contributed by atoms with Crippen LogP contribution in [0.5, 0.6) is 5.75 Å². The van der Waals surface area contributed by atoms with Crippen LogP contribution in [0.4, 0.5) is 11.5 Å². The Bertz CT molecular complexity index is 1210. The summed E-state index contributed by atoms with van der Waals surface area (Å²) in [4.78, 5) is 45.2. The summed E-state index contributed by atoms with van der Waals surface area (Å²) < 4.78 is 0. The zero-order chi connectivity index (χ0) is 26.2. The van der Waals surface area contributed by atoms with E-state index in [1.165, 1.54) is 17.0 Å². The molecule has 0 aliphatic carbocycles. The number of anilines is 2. The molecular weight excluding hydrogens is 456 g/mol. The number of aryl methyl sites for hydroxylation is 2. The normalized spacial score (nSPS) is 11.6. The summed E-state index contributed by atoms with van der Waals surface area (Å²) >= 11 is 0. The minimum atomic E-state index is -0.999. The third-order valence-corrected chi connectivity index (χ3v) is 5.53. The fraction of sp³-hybridized carbons (Fsp3) is 0.286. The monoisotopic (exact) mass is 488 g/mol. The first-order chi connectivity index (χ1) is 17.2. The Morgan fingerprint density at radius 3 is 2.31 bits per heavy atom. The molecular formula is C28H32N4O4. The number of benzene rings is 2. The Balaban J connectivity index is 1.97. The van der Waals surface area contributed by atoms with Crippen LogP contribution in [0.25, 0.3) is 0 Å². The highest BCUT2D eigenvalue weighted by atomic mass is 16.3. The second-order valence-corrected chi connectivity index (χ2v) is 8.97. The molecule has 3 aromatic rings. The summed E-state index contributed by atoms with van der Waals surface area (Å²) in [5.74, 6) is -0.635. The molecule has 3 N–H and O–H groups in total. The van der Waals surface area contributed by atoms with Crippen molar-refractivity contribution in [1.29, 1.82) is 0 Å². The fourth-order valence-corrected chi connectivity index (χ4v) is 3.91. The molecule has 1 atom stereocenters. The van der Waals surface area contributed by atoms with Gasteiger partial charge in [0.05, 0.1) is 0 Å². The lowest BCUT2D eigenvalue weighted by Gasteiger charge is -2.33. The highest BCUT2D eigenvalue weighted by Gasteiger charge is 2.34. The van der Waals surface area contributed by atoms with Gasteiger partial charge in [-0.05, 0) is 69.2 Å². The molecule has 0 spiro atoms. The van der Waals surface area contributed by atoms with Gasteiger partial charge < -0.3 is 15.7 Å². The standard InChI is InChI=1S/C28H32N4O4/c1-18(2)30-28(36)27(21-9-11-22(33)12-10-21)32(23-13-8-19(3)17-20(23)4)26(35)15-14-25(34)31-24-7-5-6-16-29-24/h5-13,16-18,27,33H,14-15H2,1-4H3,(H,30,36)(H,29,31,34). The van der Waals surface area contributed by atoms with Crippen LogP contribution in [0.2, 0.25) is 0 Å². The Morgan fingerprint density at radius 1 is 0.972 bits per heavy atom. The van der Waals surface area contributed by atoms with E-state index in [1.54, 1.807) is 36.5 Å². The molecule has 2 aromatic carbocycles. The van der Waals surface area contributed by atoms with E-state index in [4.69, 9.17) is 0 Å². The van der Waals surface area contributed by atoms with Crippen LogP contribution in [-0.2, 0) is 14.4 Å². The van der Waals surface area contributed by atoms with Crippen molar-refractivity contribution < 1.29 is 19.5 Å². The van der Waals surface area contributed by atoms with E-state index < -0.39 is 6.04 Å². The number of nitrogens with one attached hydrogen (secondary N) is 2. The summed E-state index contributed by atoms with van der Waals surface area (Å²) in [5.41, 5.74) is 2.96. The molecule has 3 rings (SSSR count). The molecule has 1 heterocycles. The quantitative estimate of drug-likeness (QED) is 0.413. The van der Waals surface area contributed by atoms with E-state index in [0.717, 1.165) is 11.1 Å². The van der Waals surface area contributed by atoms with Gasteiger partial charge in [-0.3, -0.25) is 19.3 Å². The Kier molecular flexibility index (Phi) is 8.78. The highest BCUT2D eigenvalue weighted by Crippen LogP contribution is 2.32. The number of pyridine rings is 1. The van der Waals surface area contributed by atoms with Crippen molar-refractivity contribution >= 4 is 29.2 Å². The fourth-order valence-electron chi connectivity index (χ4n) is 3.91. The van der Waals surface area contributed by atoms with E-state index >= 15 is 0 Å². The van der Waals surface area contributed by atoms with Crippen LogP contribution < -0.4 is 15.5 Å². The van der Waals surface area contributed by atoms with Crippen LogP contribution in [0.15, 0.2) is 66.9 Å². The largest absolute Gasteiger partial charge is 0.508 e. The van der Waals surface area contributed by atoms with Gasteiger partial charge in [-0.1, -0.05) is 35.9 Å². The van der Waals surface area contributed by atoms with Crippen molar-refractivity contribution in [2.45, 2.75) is 52.6 Å². The minimum Gasteiger partial charge on any atom is -0.508 e. The molecule has 188 valence electrons. The maximum Gasteiger partial charge on any atom is 0.248 e. The number of phenols is 1. The maximum atomic E-state index is 13.7. The molecule has 0 saturated heterocycles. The summed E-state index contributed by atoms with van der Waals surface area (Å²) in [5, 5.41) is 15.4. The van der Waals surface area contributed by atoms with Crippen molar-refractivity contribution in [1.82, 2.24) is 10.3 Å². The molecule has 0 fully saturated rings. The topological polar surface area (TPSA) is 112 Å². The Morgan fingerprint density at radius 2 is 1.69 bits per heavy atom. The Labute approximate surface area is 211 Å². The van der Waals surface area contributed by atoms with Crippen molar-refractivity contribution in [3.8, 4) is 5.75 Å². The smallest absolute Gasteiger partial charge is 0.248 e. The van der Waals surface area contributed by atoms with Crippen molar-refractivity contribution in [3.63, 3.8) is 0 Å². The van der Waals surface area contributed by atoms with Crippen LogP contribution in [0, 0.1) is 13.8 Å². The highest BCUT2D eigenvalue weighted by molar-refractivity contribution is 6.03. The molecule has 3 amide bonds. The van der Waals surface area contributed by atoms with Crippen LogP contribution >= 0.6 is 0 Å². The van der Waals surface area contributed by atoms with Gasteiger partial charge >= 0.3 is 0 Å². The number of aromatic nitrogens is 1. The zero-order valence-corrected chi connectivity index (χ0v) is 21.0. The number of nitrogens with zero attached hydrogens (tertiary/aromatic N) is 2. The number of amides is 3. The molecule has 1 unspecified atom stereocenters. The third kappa shape index (κ3) is 6.91. The van der Waals surface area contributed by atoms with Crippen LogP contribution in [0.1, 0.15) is 49.4 Å². The van der Waals surface area contributed by atoms with Crippen molar-refractivity contribution in [2.24, 2.45) is 0 Å². The number of phenolic OH excluding ortho intramolecular Hbond substituents is 1. The summed E-state index contributed by atoms with van der Waals surface area (Å²) in [6, 6.07) is 15.9. The first kappa shape index (κ1) is 26.4. The second-order valence-electron chi connectivity index (χ2n) is 8.97. The summed E-state index contributed by atoms with van der Waals surface area (Å²) in [6.45, 7) is 7.52. The van der Waals surface area contributed by atoms with E-state index in [0.29, 0.717) is 17.1 Å². The van der Waals surface area contributed by atoms with E-state index in [-0.39, 0.29) is 42.4 Å². The van der Waals surface area contributed by atoms with Gasteiger partial charge in [-0.2, -0.15) is 0 Å². The molecule has 8 heteroatoms. The summed E-state index contributed by atoms with van der Waals surface area (Å²) in [6.07, 6.45) is 1.37. The number of carbonyl (C=O) groups is 3. The molecule has 0 aliphatic heterocycles. The molecule has 1 aromatic heterocycles. The van der Waals surface area contributed by atoms with Crippen molar-refractivity contribution in [2.75, 3.05) is 10.2 Å². The molecule has 0 bridgehead atoms. The molecule has 0 radical (unpaired) electrons. The van der Waals surface area contributed by atoms with E-state index in [9.17, 15) is 19.5 Å². The molecule has 0 saturated carbocycles. The van der Waals surface area contributed by atoms with Gasteiger partial charge in [0.2, 0.25) is 17.7 Å². The number of rotatable bonds is 9. The average molecular weight is 489 g/mol. The number of carbonyl (C=O) groups excluding carboxylic acids is 3. The maximum absolute atomic E-state index is 13.7. The molecule has 8 nitrogen and oxygen atoms in total. The van der Waals surface area contributed by atoms with Gasteiger partial charge in [0, 0.05) is 30.8 Å². The Hall–Kier alpha value is -4.20. The van der Waals surface area contributed by atoms with Crippen LogP contribution in [0.3, 0.4) is 0 Å². The second kappa shape index (κ2) is 12.0. The van der Waals surface area contributed by atoms with Gasteiger partial charge in [-0.15, -0.1) is 0 Å². The van der Waals surface area contributed by atoms with Gasteiger partial charge in [0.15, 0.2) is 0 Å². The van der Waals surface area contributed by atoms with Crippen LogP contribution in [-0.4, -0.2) is 33.9 Å². The number of hydrogen-bond acceptors (Lipinski definition) is 5. The molecule has 0 aliphatic rings. The molecule has 36 heavy (non-hydrogen) atoms. The average Bonchev–Trinajstić information content (AvgIpc) is 2.82. The van der Waals surface area contributed by atoms with Gasteiger partial charge in [-0.25, -0.2) is 4.98 Å². The first-order valence-electron chi connectivity index (χ1n) is 11.8. The lowest BCUT2D eigenvalue weighted by Crippen LogP contribution is -2.46. The summed E-state index contributed by atoms with van der Waals surface area (Å²) in [7, 11) is 0. The lowest BCUT2D eigenvalue weighted by atomic mass is 10.00. The zero-order valence-electron chi connectivity index (χ0n) is 21.0. The van der Waals surface area contributed by atoms with E-state index in [2.05, 4.69) is 15.6 Å². The van der Waals surface area contributed by atoms with E-state index in [1.807, 2.05) is 45.9 Å². The minimum absolute atomic E-state index is 0.0531. The predicted molar refractivity (Wildman–Crippen MR) is 140 cm³/mol. The number of hydrogen-bond donors (Lipinski definition) is 3. The third-order valence-electron chi connectivity index (χ3n) is 5.53. The predicted octanol–water partition coefficient (Wildman–Crippen LogP) is 4.42. The first-order valence-corrected chi connectivity index (χ1v) is 11.8. The lowest BCUT2D eigenvalue weighted by molar-refractivity contribution is -0.127. The van der Waals surface area contributed by atoms with Gasteiger partial charge in [0.25, 0.3) is 0 Å². The van der Waals surface area contributed by atoms with Crippen molar-refractivity contribution in [3.05, 3.63) is 83.6 Å². The number of aromatic hydroxyl groups is 1.